The van der Waals surface area contributed by atoms with Crippen molar-refractivity contribution in [1.82, 2.24) is 0 Å². The monoisotopic (exact) mass is 468 g/mol. The topological polar surface area (TPSA) is 18.5 Å². The van der Waals surface area contributed by atoms with Gasteiger partial charge in [0.25, 0.3) is 0 Å². The number of benzene rings is 2. The molecule has 0 radical (unpaired) electrons. The molecular weight excluding hydrogens is 430 g/mol. The second-order valence-corrected chi connectivity index (χ2v) is 10.0. The normalized spacial score (nSPS) is 24.7. The summed E-state index contributed by atoms with van der Waals surface area (Å²) in [6.45, 7) is 4.33. The molecule has 2 nitrogen and oxygen atoms in total. The molecule has 34 heavy (non-hydrogen) atoms. The second kappa shape index (κ2) is 11.9. The van der Waals surface area contributed by atoms with Gasteiger partial charge >= 0.3 is 0 Å². The van der Waals surface area contributed by atoms with Crippen LogP contribution in [0.4, 0.5) is 8.78 Å². The lowest BCUT2D eigenvalue weighted by Gasteiger charge is -2.42. The van der Waals surface area contributed by atoms with Crippen LogP contribution in [-0.2, 0) is 6.61 Å². The first-order chi connectivity index (χ1) is 16.6. The van der Waals surface area contributed by atoms with E-state index in [0.717, 1.165) is 23.3 Å². The third-order valence-corrected chi connectivity index (χ3v) is 7.86. The van der Waals surface area contributed by atoms with E-state index in [1.807, 2.05) is 0 Å². The van der Waals surface area contributed by atoms with Gasteiger partial charge in [0.05, 0.1) is 6.61 Å². The molecule has 0 aromatic heterocycles. The van der Waals surface area contributed by atoms with Crippen molar-refractivity contribution in [2.24, 2.45) is 17.8 Å². The Morgan fingerprint density at radius 1 is 0.853 bits per heavy atom. The molecular formula is C30H38F2O2. The number of ether oxygens (including phenoxy) is 2. The summed E-state index contributed by atoms with van der Waals surface area (Å²) in [4.78, 5) is 0. The van der Waals surface area contributed by atoms with Crippen LogP contribution in [0.5, 0.6) is 11.5 Å². The van der Waals surface area contributed by atoms with E-state index in [4.69, 9.17) is 9.47 Å². The first-order valence-electron chi connectivity index (χ1n) is 13.0. The number of rotatable bonds is 9. The Hall–Kier alpha value is -2.36. The quantitative estimate of drug-likeness (QED) is 0.343. The molecule has 2 aromatic rings. The van der Waals surface area contributed by atoms with Crippen LogP contribution in [0.2, 0.25) is 0 Å². The molecule has 0 N–H and O–H groups in total. The Labute approximate surface area is 203 Å². The standard InChI is InChI=1S/C30H38F2O2/c1-3-5-6-7-21-8-13-26-19-25(15-14-24(26)18-21)23-11-9-22(10-12-23)20-34-28-17-16-27(33-4-2)29(31)30(28)32/h3,5,9-12,16-17,21,24-26H,4,6-8,13-15,18-20H2,1-2H3. The van der Waals surface area contributed by atoms with Crippen LogP contribution < -0.4 is 9.47 Å². The predicted molar refractivity (Wildman–Crippen MR) is 133 cm³/mol. The maximum atomic E-state index is 14.2. The van der Waals surface area contributed by atoms with Gasteiger partial charge in [0.2, 0.25) is 11.6 Å². The lowest BCUT2D eigenvalue weighted by molar-refractivity contribution is 0.115. The van der Waals surface area contributed by atoms with Gasteiger partial charge in [-0.1, -0.05) is 42.8 Å². The van der Waals surface area contributed by atoms with Gasteiger partial charge in [-0.25, -0.2) is 0 Å². The zero-order valence-corrected chi connectivity index (χ0v) is 20.6. The molecule has 0 saturated heterocycles. The molecule has 2 fully saturated rings. The van der Waals surface area contributed by atoms with Crippen LogP contribution in [0.1, 0.15) is 82.3 Å². The molecule has 2 aromatic carbocycles. The average Bonchev–Trinajstić information content (AvgIpc) is 2.86. The summed E-state index contributed by atoms with van der Waals surface area (Å²) in [7, 11) is 0. The van der Waals surface area contributed by atoms with Gasteiger partial charge in [-0.3, -0.25) is 0 Å². The molecule has 0 aliphatic heterocycles. The first-order valence-corrected chi connectivity index (χ1v) is 13.0. The van der Waals surface area contributed by atoms with Crippen molar-refractivity contribution in [2.45, 2.75) is 77.7 Å². The number of fused-ring (bicyclic) bond motifs is 1. The largest absolute Gasteiger partial charge is 0.491 e. The van der Waals surface area contributed by atoms with Crippen LogP contribution in [-0.4, -0.2) is 6.61 Å². The highest BCUT2D eigenvalue weighted by atomic mass is 19.2. The van der Waals surface area contributed by atoms with Crippen LogP contribution in [0.25, 0.3) is 0 Å². The fourth-order valence-corrected chi connectivity index (χ4v) is 5.99. The molecule has 0 amide bonds. The van der Waals surface area contributed by atoms with E-state index in [0.29, 0.717) is 5.92 Å². The van der Waals surface area contributed by atoms with E-state index >= 15 is 0 Å². The van der Waals surface area contributed by atoms with Gasteiger partial charge in [-0.2, -0.15) is 8.78 Å². The average molecular weight is 469 g/mol. The van der Waals surface area contributed by atoms with Gasteiger partial charge in [0.15, 0.2) is 11.5 Å². The molecule has 4 rings (SSSR count). The van der Waals surface area contributed by atoms with Gasteiger partial charge < -0.3 is 9.47 Å². The molecule has 184 valence electrons. The fraction of sp³-hybridized carbons (Fsp3) is 0.533. The van der Waals surface area contributed by atoms with Crippen LogP contribution >= 0.6 is 0 Å². The van der Waals surface area contributed by atoms with E-state index in [2.05, 4.69) is 43.3 Å². The number of hydrogen-bond acceptors (Lipinski definition) is 2. The maximum absolute atomic E-state index is 14.2. The molecule has 2 aliphatic rings. The van der Waals surface area contributed by atoms with E-state index in [-0.39, 0.29) is 24.7 Å². The molecule has 4 unspecified atom stereocenters. The Bertz CT molecular complexity index is 953. The van der Waals surface area contributed by atoms with Crippen molar-refractivity contribution >= 4 is 0 Å². The zero-order chi connectivity index (χ0) is 23.9. The summed E-state index contributed by atoms with van der Waals surface area (Å²) < 4.78 is 39.0. The Morgan fingerprint density at radius 3 is 2.24 bits per heavy atom. The summed E-state index contributed by atoms with van der Waals surface area (Å²) in [5.41, 5.74) is 2.35. The Morgan fingerprint density at radius 2 is 1.53 bits per heavy atom. The smallest absolute Gasteiger partial charge is 0.204 e. The van der Waals surface area contributed by atoms with E-state index < -0.39 is 11.6 Å². The number of halogens is 2. The third-order valence-electron chi connectivity index (χ3n) is 7.86. The van der Waals surface area contributed by atoms with Crippen molar-refractivity contribution in [1.29, 1.82) is 0 Å². The van der Waals surface area contributed by atoms with Crippen LogP contribution in [0, 0.1) is 29.4 Å². The highest BCUT2D eigenvalue weighted by Gasteiger charge is 2.35. The van der Waals surface area contributed by atoms with Crippen molar-refractivity contribution in [3.63, 3.8) is 0 Å². The molecule has 4 atom stereocenters. The summed E-state index contributed by atoms with van der Waals surface area (Å²) in [5, 5.41) is 0. The summed E-state index contributed by atoms with van der Waals surface area (Å²) >= 11 is 0. The first kappa shape index (κ1) is 24.8. The molecule has 2 saturated carbocycles. The molecule has 0 spiro atoms. The lowest BCUT2D eigenvalue weighted by Crippen LogP contribution is -2.30. The highest BCUT2D eigenvalue weighted by Crippen LogP contribution is 2.48. The van der Waals surface area contributed by atoms with Gasteiger partial charge in [-0.05, 0) is 106 Å². The van der Waals surface area contributed by atoms with Crippen molar-refractivity contribution in [3.05, 3.63) is 71.3 Å². The van der Waals surface area contributed by atoms with Crippen molar-refractivity contribution < 1.29 is 18.3 Å². The molecule has 0 bridgehead atoms. The van der Waals surface area contributed by atoms with E-state index in [9.17, 15) is 8.78 Å². The zero-order valence-electron chi connectivity index (χ0n) is 20.6. The van der Waals surface area contributed by atoms with E-state index in [1.165, 1.54) is 69.1 Å². The minimum Gasteiger partial charge on any atom is -0.491 e. The number of allylic oxidation sites excluding steroid dienone is 2. The fourth-order valence-electron chi connectivity index (χ4n) is 5.99. The molecule has 2 aliphatic carbocycles. The Balaban J connectivity index is 1.29. The highest BCUT2D eigenvalue weighted by molar-refractivity contribution is 5.35. The Kier molecular flexibility index (Phi) is 8.64. The SMILES string of the molecule is CC=CCCC1CCC2CC(c3ccc(COc4ccc(OCC)c(F)c4F)cc3)CCC2C1. The molecule has 0 heterocycles. The van der Waals surface area contributed by atoms with Crippen molar-refractivity contribution in [2.75, 3.05) is 6.61 Å². The predicted octanol–water partition coefficient (Wildman–Crippen LogP) is 8.60. The van der Waals surface area contributed by atoms with Gasteiger partial charge in [0, 0.05) is 0 Å². The summed E-state index contributed by atoms with van der Waals surface area (Å²) in [6, 6.07) is 11.3. The van der Waals surface area contributed by atoms with Crippen LogP contribution in [0.3, 0.4) is 0 Å². The van der Waals surface area contributed by atoms with Gasteiger partial charge in [-0.15, -0.1) is 0 Å². The van der Waals surface area contributed by atoms with Crippen molar-refractivity contribution in [3.8, 4) is 11.5 Å². The van der Waals surface area contributed by atoms with E-state index in [1.54, 1.807) is 6.92 Å². The van der Waals surface area contributed by atoms with Crippen LogP contribution in [0.15, 0.2) is 48.6 Å². The number of hydrogen-bond donors (Lipinski definition) is 0. The minimum absolute atomic E-state index is 0.0893. The lowest BCUT2D eigenvalue weighted by atomic mass is 9.63. The maximum Gasteiger partial charge on any atom is 0.204 e. The molecule has 4 heteroatoms. The minimum atomic E-state index is -1.00. The van der Waals surface area contributed by atoms with Gasteiger partial charge in [0.1, 0.15) is 6.61 Å². The summed E-state index contributed by atoms with van der Waals surface area (Å²) in [6.07, 6.45) is 15.2. The summed E-state index contributed by atoms with van der Waals surface area (Å²) in [5.74, 6) is 1.15. The third kappa shape index (κ3) is 6.00. The second-order valence-electron chi connectivity index (χ2n) is 10.0.